The lowest BCUT2D eigenvalue weighted by Crippen LogP contribution is -2.26. The fraction of sp³-hybridized carbons (Fsp3) is 0.400. The Balaban J connectivity index is 2.91. The third-order valence-electron chi connectivity index (χ3n) is 2.06. The number of carboxylic acid groups (broad SMARTS) is 1. The molecule has 0 saturated heterocycles. The lowest BCUT2D eigenvalue weighted by molar-refractivity contribution is -0.137. The summed E-state index contributed by atoms with van der Waals surface area (Å²) in [4.78, 5) is 14.7. The van der Waals surface area contributed by atoms with E-state index in [-0.39, 0.29) is 0 Å². The predicted octanol–water partition coefficient (Wildman–Crippen LogP) is 1.58. The van der Waals surface area contributed by atoms with Gasteiger partial charge in [0.1, 0.15) is 6.04 Å². The minimum absolute atomic E-state index is 0.588. The fourth-order valence-electron chi connectivity index (χ4n) is 1.21. The Labute approximate surface area is 83.0 Å². The zero-order valence-corrected chi connectivity index (χ0v) is 8.53. The van der Waals surface area contributed by atoms with E-state index >= 15 is 0 Å². The van der Waals surface area contributed by atoms with Gasteiger partial charge in [0.25, 0.3) is 0 Å². The van der Waals surface area contributed by atoms with E-state index in [1.165, 1.54) is 0 Å². The summed E-state index contributed by atoms with van der Waals surface area (Å²) >= 11 is 0. The molecule has 1 unspecified atom stereocenters. The van der Waals surface area contributed by atoms with E-state index in [2.05, 4.69) is 10.3 Å². The molecule has 4 nitrogen and oxygen atoms in total. The summed E-state index contributed by atoms with van der Waals surface area (Å²) in [6.07, 6.45) is 3.42. The van der Waals surface area contributed by atoms with Gasteiger partial charge in [0.15, 0.2) is 0 Å². The number of carboxylic acids is 1. The molecule has 0 amide bonds. The zero-order valence-electron chi connectivity index (χ0n) is 8.53. The summed E-state index contributed by atoms with van der Waals surface area (Å²) < 4.78 is 0. The van der Waals surface area contributed by atoms with Crippen molar-refractivity contribution in [2.24, 2.45) is 0 Å². The van der Waals surface area contributed by atoms with Gasteiger partial charge in [-0.1, -0.05) is 0 Å². The molecule has 0 spiro atoms. The lowest BCUT2D eigenvalue weighted by Gasteiger charge is -2.14. The van der Waals surface area contributed by atoms with Gasteiger partial charge in [-0.05, 0) is 31.9 Å². The zero-order chi connectivity index (χ0) is 10.7. The number of hydrogen-bond donors (Lipinski definition) is 2. The second-order valence-corrected chi connectivity index (χ2v) is 3.35. The Hall–Kier alpha value is -1.58. The van der Waals surface area contributed by atoms with E-state index in [0.29, 0.717) is 0 Å². The number of anilines is 1. The molecule has 0 aliphatic carbocycles. The van der Waals surface area contributed by atoms with Gasteiger partial charge in [-0.15, -0.1) is 0 Å². The van der Waals surface area contributed by atoms with Crippen molar-refractivity contribution < 1.29 is 9.90 Å². The van der Waals surface area contributed by atoms with Gasteiger partial charge in [-0.3, -0.25) is 9.78 Å². The van der Waals surface area contributed by atoms with Gasteiger partial charge in [-0.25, -0.2) is 0 Å². The van der Waals surface area contributed by atoms with E-state index in [0.717, 1.165) is 16.8 Å². The average molecular weight is 194 g/mol. The molecule has 0 saturated carbocycles. The highest BCUT2D eigenvalue weighted by molar-refractivity contribution is 5.77. The van der Waals surface area contributed by atoms with Crippen LogP contribution in [0.4, 0.5) is 5.69 Å². The van der Waals surface area contributed by atoms with Crippen molar-refractivity contribution in [3.05, 3.63) is 23.5 Å². The Morgan fingerprint density at radius 3 is 2.36 bits per heavy atom. The van der Waals surface area contributed by atoms with Crippen LogP contribution in [-0.2, 0) is 4.79 Å². The van der Waals surface area contributed by atoms with Gasteiger partial charge in [0.05, 0.1) is 0 Å². The van der Waals surface area contributed by atoms with E-state index in [9.17, 15) is 4.79 Å². The molecule has 76 valence electrons. The second kappa shape index (κ2) is 4.09. The molecular formula is C10H14N2O2. The molecule has 1 rings (SSSR count). The molecule has 0 aromatic carbocycles. The van der Waals surface area contributed by atoms with Gasteiger partial charge in [0, 0.05) is 18.1 Å². The highest BCUT2D eigenvalue weighted by Crippen LogP contribution is 2.18. The Kier molecular flexibility index (Phi) is 3.06. The summed E-state index contributed by atoms with van der Waals surface area (Å²) in [5.41, 5.74) is 2.77. The first-order valence-electron chi connectivity index (χ1n) is 4.43. The number of carbonyl (C=O) groups is 1. The molecule has 1 aromatic rings. The van der Waals surface area contributed by atoms with Crippen molar-refractivity contribution in [3.8, 4) is 0 Å². The van der Waals surface area contributed by atoms with Crippen molar-refractivity contribution in [2.45, 2.75) is 26.8 Å². The standard InChI is InChI=1S/C10H14N2O2/c1-6-4-11-5-7(2)9(6)12-8(3)10(13)14/h4-5,8H,1-3H3,(H,11,12)(H,13,14). The average Bonchev–Trinajstić information content (AvgIpc) is 2.11. The molecular weight excluding hydrogens is 180 g/mol. The minimum atomic E-state index is -0.861. The molecule has 2 N–H and O–H groups in total. The maximum atomic E-state index is 10.6. The van der Waals surface area contributed by atoms with E-state index in [4.69, 9.17) is 5.11 Å². The summed E-state index contributed by atoms with van der Waals surface area (Å²) in [5.74, 6) is -0.861. The molecule has 0 aliphatic heterocycles. The van der Waals surface area contributed by atoms with Crippen LogP contribution in [0.15, 0.2) is 12.4 Å². The predicted molar refractivity (Wildman–Crippen MR) is 54.4 cm³/mol. The van der Waals surface area contributed by atoms with Crippen LogP contribution in [0.25, 0.3) is 0 Å². The summed E-state index contributed by atoms with van der Waals surface area (Å²) in [6, 6.07) is -0.588. The normalized spacial score (nSPS) is 12.2. The SMILES string of the molecule is Cc1cncc(C)c1NC(C)C(=O)O. The number of pyridine rings is 1. The smallest absolute Gasteiger partial charge is 0.325 e. The van der Waals surface area contributed by atoms with E-state index in [1.54, 1.807) is 19.3 Å². The molecule has 0 fully saturated rings. The maximum Gasteiger partial charge on any atom is 0.325 e. The monoisotopic (exact) mass is 194 g/mol. The number of aryl methyl sites for hydroxylation is 2. The number of aromatic nitrogens is 1. The van der Waals surface area contributed by atoms with Crippen molar-refractivity contribution >= 4 is 11.7 Å². The first-order chi connectivity index (χ1) is 6.52. The first-order valence-corrected chi connectivity index (χ1v) is 4.43. The molecule has 1 aromatic heterocycles. The first kappa shape index (κ1) is 10.5. The van der Waals surface area contributed by atoms with Crippen LogP contribution in [0.5, 0.6) is 0 Å². The van der Waals surface area contributed by atoms with Crippen LogP contribution >= 0.6 is 0 Å². The van der Waals surface area contributed by atoms with Crippen molar-refractivity contribution in [1.82, 2.24) is 4.98 Å². The number of rotatable bonds is 3. The second-order valence-electron chi connectivity index (χ2n) is 3.35. The number of aliphatic carboxylic acids is 1. The number of nitrogens with one attached hydrogen (secondary N) is 1. The van der Waals surface area contributed by atoms with Crippen LogP contribution in [0, 0.1) is 13.8 Å². The topological polar surface area (TPSA) is 62.2 Å². The highest BCUT2D eigenvalue weighted by atomic mass is 16.4. The fourth-order valence-corrected chi connectivity index (χ4v) is 1.21. The van der Waals surface area contributed by atoms with Crippen LogP contribution < -0.4 is 5.32 Å². The van der Waals surface area contributed by atoms with Gasteiger partial charge >= 0.3 is 5.97 Å². The molecule has 0 aliphatic rings. The maximum absolute atomic E-state index is 10.6. The van der Waals surface area contributed by atoms with E-state index in [1.807, 2.05) is 13.8 Å². The highest BCUT2D eigenvalue weighted by Gasteiger charge is 2.12. The third-order valence-corrected chi connectivity index (χ3v) is 2.06. The van der Waals surface area contributed by atoms with Gasteiger partial charge in [0.2, 0.25) is 0 Å². The minimum Gasteiger partial charge on any atom is -0.480 e. The molecule has 14 heavy (non-hydrogen) atoms. The van der Waals surface area contributed by atoms with Crippen molar-refractivity contribution in [3.63, 3.8) is 0 Å². The summed E-state index contributed by atoms with van der Waals surface area (Å²) in [7, 11) is 0. The molecule has 4 heteroatoms. The number of nitrogens with zero attached hydrogens (tertiary/aromatic N) is 1. The van der Waals surface area contributed by atoms with Crippen LogP contribution in [0.1, 0.15) is 18.1 Å². The molecule has 0 bridgehead atoms. The molecule has 1 heterocycles. The lowest BCUT2D eigenvalue weighted by atomic mass is 10.1. The summed E-state index contributed by atoms with van der Waals surface area (Å²) in [5, 5.41) is 11.7. The van der Waals surface area contributed by atoms with Crippen LogP contribution in [0.2, 0.25) is 0 Å². The largest absolute Gasteiger partial charge is 0.480 e. The van der Waals surface area contributed by atoms with Crippen molar-refractivity contribution in [2.75, 3.05) is 5.32 Å². The van der Waals surface area contributed by atoms with Gasteiger partial charge < -0.3 is 10.4 Å². The Morgan fingerprint density at radius 1 is 1.43 bits per heavy atom. The van der Waals surface area contributed by atoms with Crippen LogP contribution in [-0.4, -0.2) is 22.1 Å². The quantitative estimate of drug-likeness (QED) is 0.767. The van der Waals surface area contributed by atoms with E-state index < -0.39 is 12.0 Å². The Bertz CT molecular complexity index is 330. The van der Waals surface area contributed by atoms with Gasteiger partial charge in [-0.2, -0.15) is 0 Å². The molecule has 0 radical (unpaired) electrons. The number of hydrogen-bond acceptors (Lipinski definition) is 3. The van der Waals surface area contributed by atoms with Crippen LogP contribution in [0.3, 0.4) is 0 Å². The molecule has 1 atom stereocenters. The summed E-state index contributed by atoms with van der Waals surface area (Å²) in [6.45, 7) is 5.41. The Morgan fingerprint density at radius 2 is 1.93 bits per heavy atom. The third kappa shape index (κ3) is 2.22. The van der Waals surface area contributed by atoms with Crippen molar-refractivity contribution in [1.29, 1.82) is 0 Å².